The summed E-state index contributed by atoms with van der Waals surface area (Å²) in [6.45, 7) is 1.91. The number of esters is 1. The smallest absolute Gasteiger partial charge is 0.338 e. The van der Waals surface area contributed by atoms with Crippen LogP contribution < -0.4 is 19.6 Å². The van der Waals surface area contributed by atoms with Crippen molar-refractivity contribution in [2.24, 2.45) is 4.99 Å². The summed E-state index contributed by atoms with van der Waals surface area (Å²) in [7, 11) is 0. The molecule has 0 saturated heterocycles. The van der Waals surface area contributed by atoms with Crippen molar-refractivity contribution < 1.29 is 14.3 Å². The minimum absolute atomic E-state index is 0.0393. The number of thioether (sulfide) groups is 1. The average Bonchev–Trinajstić information content (AvgIpc) is 3.30. The van der Waals surface area contributed by atoms with Gasteiger partial charge in [-0.1, -0.05) is 65.9 Å². The van der Waals surface area contributed by atoms with Crippen LogP contribution in [-0.4, -0.2) is 30.0 Å². The zero-order valence-electron chi connectivity index (χ0n) is 21.9. The predicted molar refractivity (Wildman–Crippen MR) is 157 cm³/mol. The van der Waals surface area contributed by atoms with Crippen molar-refractivity contribution in [3.8, 4) is 11.8 Å². The second kappa shape index (κ2) is 12.2. The van der Waals surface area contributed by atoms with E-state index in [1.54, 1.807) is 41.5 Å². The van der Waals surface area contributed by atoms with Crippen LogP contribution in [0.1, 0.15) is 29.7 Å². The Morgan fingerprint density at radius 2 is 1.82 bits per heavy atom. The Labute approximate surface area is 239 Å². The Kier molecular flexibility index (Phi) is 8.29. The molecule has 5 rings (SSSR count). The highest BCUT2D eigenvalue weighted by molar-refractivity contribution is 7.98. The molecule has 0 unspecified atom stereocenters. The van der Waals surface area contributed by atoms with Gasteiger partial charge >= 0.3 is 5.97 Å². The number of carbonyl (C=O) groups excluding carboxylic acids is 1. The van der Waals surface area contributed by atoms with Crippen LogP contribution in [0.4, 0.5) is 0 Å². The lowest BCUT2D eigenvalue weighted by atomic mass is 9.93. The van der Waals surface area contributed by atoms with Gasteiger partial charge in [-0.2, -0.15) is 5.26 Å². The Balaban J connectivity index is 1.73. The average molecular weight is 568 g/mol. The van der Waals surface area contributed by atoms with Gasteiger partial charge in [0.25, 0.3) is 5.56 Å². The van der Waals surface area contributed by atoms with E-state index in [9.17, 15) is 9.59 Å². The van der Waals surface area contributed by atoms with Crippen molar-refractivity contribution >= 4 is 40.8 Å². The van der Waals surface area contributed by atoms with Crippen LogP contribution in [0.3, 0.4) is 0 Å². The van der Waals surface area contributed by atoms with E-state index in [4.69, 9.17) is 19.7 Å². The maximum absolute atomic E-state index is 13.9. The molecular weight excluding hydrogens is 542 g/mol. The standard InChI is InChI=1S/C31H25N3O4S2/c1-3-37-30(36)26-27(21-7-5-4-6-8-21)33-31-34(28(26)22-11-15-24(39-2)16-12-22)29(35)25(40-31)19-20-9-13-23(14-10-20)38-18-17-32/h4-16,19,28H,3,18H2,1-2H3/b25-19-/t28-/m0/s1. The molecule has 1 aliphatic heterocycles. The molecule has 9 heteroatoms. The van der Waals surface area contributed by atoms with Crippen LogP contribution in [-0.2, 0) is 9.53 Å². The third-order valence-corrected chi connectivity index (χ3v) is 8.01. The fourth-order valence-corrected chi connectivity index (χ4v) is 5.88. The number of nitriles is 1. The Hall–Kier alpha value is -4.39. The second-order valence-electron chi connectivity index (χ2n) is 8.72. The lowest BCUT2D eigenvalue weighted by Crippen LogP contribution is -2.40. The molecule has 2 heterocycles. The molecule has 1 aliphatic rings. The number of ether oxygens (including phenoxy) is 2. The number of thiazole rings is 1. The Morgan fingerprint density at radius 1 is 1.10 bits per heavy atom. The fraction of sp³-hybridized carbons (Fsp3) is 0.161. The maximum atomic E-state index is 13.9. The minimum atomic E-state index is -0.717. The normalized spacial score (nSPS) is 14.7. The van der Waals surface area contributed by atoms with E-state index in [1.807, 2.05) is 79.1 Å². The molecule has 3 aromatic carbocycles. The molecule has 40 heavy (non-hydrogen) atoms. The van der Waals surface area contributed by atoms with E-state index >= 15 is 0 Å². The first kappa shape index (κ1) is 27.2. The van der Waals surface area contributed by atoms with Gasteiger partial charge in [0.1, 0.15) is 11.8 Å². The fourth-order valence-electron chi connectivity index (χ4n) is 4.47. The predicted octanol–water partition coefficient (Wildman–Crippen LogP) is 4.56. The third-order valence-electron chi connectivity index (χ3n) is 6.29. The highest BCUT2D eigenvalue weighted by Gasteiger charge is 2.35. The monoisotopic (exact) mass is 567 g/mol. The third kappa shape index (κ3) is 5.50. The van der Waals surface area contributed by atoms with Crippen molar-refractivity contribution in [1.29, 1.82) is 5.26 Å². The summed E-state index contributed by atoms with van der Waals surface area (Å²) >= 11 is 2.89. The topological polar surface area (TPSA) is 93.7 Å². The molecule has 200 valence electrons. The van der Waals surface area contributed by atoms with E-state index in [0.717, 1.165) is 21.6 Å². The molecule has 0 aliphatic carbocycles. The summed E-state index contributed by atoms with van der Waals surface area (Å²) in [6.07, 6.45) is 3.79. The van der Waals surface area contributed by atoms with Gasteiger partial charge in [0.2, 0.25) is 0 Å². The molecule has 0 spiro atoms. The van der Waals surface area contributed by atoms with Gasteiger partial charge in [-0.15, -0.1) is 11.8 Å². The molecule has 0 amide bonds. The highest BCUT2D eigenvalue weighted by atomic mass is 32.2. The number of hydrogen-bond donors (Lipinski definition) is 0. The summed E-state index contributed by atoms with van der Waals surface area (Å²) in [6, 6.07) is 25.7. The number of hydrogen-bond acceptors (Lipinski definition) is 8. The van der Waals surface area contributed by atoms with E-state index < -0.39 is 12.0 Å². The Bertz CT molecular complexity index is 1780. The number of nitrogens with zero attached hydrogens (tertiary/aromatic N) is 3. The molecule has 0 fully saturated rings. The molecule has 0 N–H and O–H groups in total. The largest absolute Gasteiger partial charge is 0.479 e. The van der Waals surface area contributed by atoms with Gasteiger partial charge in [0.15, 0.2) is 11.4 Å². The second-order valence-corrected chi connectivity index (χ2v) is 10.6. The SMILES string of the molecule is CCOC(=O)C1=C(c2ccccc2)N=c2s/c(=C\c3ccc(OCC#N)cc3)c(=O)n2[C@H]1c1ccc(SC)cc1. The van der Waals surface area contributed by atoms with E-state index in [2.05, 4.69) is 0 Å². The quantitative estimate of drug-likeness (QED) is 0.229. The molecule has 7 nitrogen and oxygen atoms in total. The number of benzene rings is 3. The summed E-state index contributed by atoms with van der Waals surface area (Å²) in [5.74, 6) is 0.0618. The molecular formula is C31H25N3O4S2. The van der Waals surface area contributed by atoms with Crippen LogP contribution in [0.5, 0.6) is 5.75 Å². The van der Waals surface area contributed by atoms with E-state index in [-0.39, 0.29) is 18.8 Å². The zero-order valence-corrected chi connectivity index (χ0v) is 23.5. The van der Waals surface area contributed by atoms with Crippen molar-refractivity contribution in [2.75, 3.05) is 19.5 Å². The van der Waals surface area contributed by atoms with Crippen LogP contribution in [0.15, 0.2) is 99.1 Å². The van der Waals surface area contributed by atoms with Gasteiger partial charge in [-0.3, -0.25) is 9.36 Å². The molecule has 0 bridgehead atoms. The zero-order chi connectivity index (χ0) is 28.1. The number of aromatic nitrogens is 1. The molecule has 1 aromatic heterocycles. The van der Waals surface area contributed by atoms with Gasteiger partial charge in [0.05, 0.1) is 28.5 Å². The van der Waals surface area contributed by atoms with Gasteiger partial charge in [-0.05, 0) is 54.6 Å². The Morgan fingerprint density at radius 3 is 2.48 bits per heavy atom. The van der Waals surface area contributed by atoms with Crippen molar-refractivity contribution in [2.45, 2.75) is 17.9 Å². The first-order valence-electron chi connectivity index (χ1n) is 12.6. The van der Waals surface area contributed by atoms with Gasteiger partial charge in [0, 0.05) is 10.5 Å². The first-order valence-corrected chi connectivity index (χ1v) is 14.6. The van der Waals surface area contributed by atoms with E-state index in [0.29, 0.717) is 26.4 Å². The maximum Gasteiger partial charge on any atom is 0.338 e. The molecule has 1 atom stereocenters. The summed E-state index contributed by atoms with van der Waals surface area (Å²) in [5, 5.41) is 8.73. The summed E-state index contributed by atoms with van der Waals surface area (Å²) < 4.78 is 12.9. The summed E-state index contributed by atoms with van der Waals surface area (Å²) in [4.78, 5) is 33.9. The highest BCUT2D eigenvalue weighted by Crippen LogP contribution is 2.35. The van der Waals surface area contributed by atoms with Gasteiger partial charge in [-0.25, -0.2) is 9.79 Å². The van der Waals surface area contributed by atoms with Crippen molar-refractivity contribution in [3.63, 3.8) is 0 Å². The first-order chi connectivity index (χ1) is 19.5. The van der Waals surface area contributed by atoms with Crippen LogP contribution in [0, 0.1) is 11.3 Å². The number of rotatable bonds is 8. The van der Waals surface area contributed by atoms with Crippen LogP contribution >= 0.6 is 23.1 Å². The van der Waals surface area contributed by atoms with Crippen molar-refractivity contribution in [1.82, 2.24) is 4.57 Å². The minimum Gasteiger partial charge on any atom is -0.479 e. The summed E-state index contributed by atoms with van der Waals surface area (Å²) in [5.41, 5.74) is 2.91. The van der Waals surface area contributed by atoms with E-state index in [1.165, 1.54) is 11.3 Å². The number of fused-ring (bicyclic) bond motifs is 1. The molecule has 0 radical (unpaired) electrons. The lowest BCUT2D eigenvalue weighted by Gasteiger charge is -2.26. The molecule has 4 aromatic rings. The van der Waals surface area contributed by atoms with Crippen LogP contribution in [0.2, 0.25) is 0 Å². The van der Waals surface area contributed by atoms with Crippen molar-refractivity contribution in [3.05, 3.63) is 121 Å². The van der Waals surface area contributed by atoms with Crippen LogP contribution in [0.25, 0.3) is 11.8 Å². The lowest BCUT2D eigenvalue weighted by molar-refractivity contribution is -0.138. The number of carbonyl (C=O) groups is 1. The molecule has 0 saturated carbocycles. The van der Waals surface area contributed by atoms with Gasteiger partial charge < -0.3 is 9.47 Å².